The van der Waals surface area contributed by atoms with E-state index in [2.05, 4.69) is 53.0 Å². The Bertz CT molecular complexity index is 976. The summed E-state index contributed by atoms with van der Waals surface area (Å²) in [5.41, 5.74) is 1.29. The van der Waals surface area contributed by atoms with Crippen LogP contribution in [0.4, 0.5) is 0 Å². The van der Waals surface area contributed by atoms with Gasteiger partial charge in [-0.25, -0.2) is 0 Å². The second-order valence-corrected chi connectivity index (χ2v) is 9.56. The van der Waals surface area contributed by atoms with E-state index < -0.39 is 0 Å². The Morgan fingerprint density at radius 2 is 1.70 bits per heavy atom. The Hall–Kier alpha value is -2.80. The van der Waals surface area contributed by atoms with Gasteiger partial charge in [-0.1, -0.05) is 74.1 Å². The lowest BCUT2D eigenvalue weighted by molar-refractivity contribution is -0.119. The number of nitrogens with zero attached hydrogens (tertiary/aromatic N) is 3. The predicted octanol–water partition coefficient (Wildman–Crippen LogP) is 5.13. The SMILES string of the molecule is CC(C)CCn1c(COc2ccccc2)nnc1SCC(=O)NC(C)CCc1ccccc1. The molecule has 0 saturated heterocycles. The van der Waals surface area contributed by atoms with E-state index in [1.165, 1.54) is 17.3 Å². The first-order chi connectivity index (χ1) is 16.0. The first-order valence-electron chi connectivity index (χ1n) is 11.6. The quantitative estimate of drug-likeness (QED) is 0.354. The topological polar surface area (TPSA) is 69.0 Å². The van der Waals surface area contributed by atoms with E-state index in [4.69, 9.17) is 4.74 Å². The monoisotopic (exact) mass is 466 g/mol. The van der Waals surface area contributed by atoms with Crippen LogP contribution < -0.4 is 10.1 Å². The van der Waals surface area contributed by atoms with Crippen LogP contribution in [0.25, 0.3) is 0 Å². The van der Waals surface area contributed by atoms with E-state index in [9.17, 15) is 4.79 Å². The highest BCUT2D eigenvalue weighted by Crippen LogP contribution is 2.20. The maximum atomic E-state index is 12.5. The summed E-state index contributed by atoms with van der Waals surface area (Å²) in [6.45, 7) is 7.59. The number of carbonyl (C=O) groups is 1. The molecule has 3 rings (SSSR count). The van der Waals surface area contributed by atoms with Gasteiger partial charge in [0, 0.05) is 12.6 Å². The number of hydrogen-bond acceptors (Lipinski definition) is 5. The Morgan fingerprint density at radius 3 is 2.39 bits per heavy atom. The number of hydrogen-bond donors (Lipinski definition) is 1. The molecule has 176 valence electrons. The highest BCUT2D eigenvalue weighted by atomic mass is 32.2. The number of aryl methyl sites for hydroxylation is 1. The number of nitrogens with one attached hydrogen (secondary N) is 1. The molecule has 1 atom stereocenters. The molecule has 0 aliphatic rings. The van der Waals surface area contributed by atoms with Crippen LogP contribution in [0.3, 0.4) is 0 Å². The van der Waals surface area contributed by atoms with Gasteiger partial charge >= 0.3 is 0 Å². The Kier molecular flexibility index (Phi) is 9.81. The fourth-order valence-electron chi connectivity index (χ4n) is 3.36. The van der Waals surface area contributed by atoms with Gasteiger partial charge in [0.1, 0.15) is 12.4 Å². The van der Waals surface area contributed by atoms with Gasteiger partial charge < -0.3 is 14.6 Å². The van der Waals surface area contributed by atoms with Crippen molar-refractivity contribution in [3.05, 3.63) is 72.1 Å². The molecule has 7 heteroatoms. The van der Waals surface area contributed by atoms with Crippen LogP contribution in [0.5, 0.6) is 5.75 Å². The lowest BCUT2D eigenvalue weighted by Crippen LogP contribution is -2.34. The van der Waals surface area contributed by atoms with Crippen LogP contribution in [-0.4, -0.2) is 32.5 Å². The largest absolute Gasteiger partial charge is 0.486 e. The molecule has 1 N–H and O–H groups in total. The van der Waals surface area contributed by atoms with Crippen molar-refractivity contribution in [3.8, 4) is 5.75 Å². The first-order valence-corrected chi connectivity index (χ1v) is 12.6. The van der Waals surface area contributed by atoms with Crippen molar-refractivity contribution in [3.63, 3.8) is 0 Å². The van der Waals surface area contributed by atoms with Gasteiger partial charge in [-0.3, -0.25) is 4.79 Å². The zero-order chi connectivity index (χ0) is 23.5. The number of rotatable bonds is 13. The minimum atomic E-state index is 0.0149. The molecule has 0 aliphatic heterocycles. The minimum absolute atomic E-state index is 0.0149. The summed E-state index contributed by atoms with van der Waals surface area (Å²) < 4.78 is 7.97. The fraction of sp³-hybridized carbons (Fsp3) is 0.423. The van der Waals surface area contributed by atoms with Crippen molar-refractivity contribution >= 4 is 17.7 Å². The van der Waals surface area contributed by atoms with Gasteiger partial charge in [0.15, 0.2) is 11.0 Å². The van der Waals surface area contributed by atoms with Gasteiger partial charge in [-0.05, 0) is 49.8 Å². The summed E-state index contributed by atoms with van der Waals surface area (Å²) in [5.74, 6) is 2.46. The van der Waals surface area contributed by atoms with Crippen LogP contribution in [0.15, 0.2) is 65.8 Å². The summed E-state index contributed by atoms with van der Waals surface area (Å²) >= 11 is 1.43. The molecular formula is C26H34N4O2S. The molecule has 0 spiro atoms. The van der Waals surface area contributed by atoms with Crippen molar-refractivity contribution in [2.45, 2.75) is 64.4 Å². The number of benzene rings is 2. The maximum Gasteiger partial charge on any atom is 0.230 e. The molecule has 1 amide bonds. The van der Waals surface area contributed by atoms with Crippen molar-refractivity contribution in [2.24, 2.45) is 5.92 Å². The number of aromatic nitrogens is 3. The van der Waals surface area contributed by atoms with Crippen LogP contribution in [0.1, 0.15) is 45.0 Å². The second kappa shape index (κ2) is 13.0. The molecule has 33 heavy (non-hydrogen) atoms. The lowest BCUT2D eigenvalue weighted by Gasteiger charge is -2.14. The van der Waals surface area contributed by atoms with Crippen molar-refractivity contribution in [2.75, 3.05) is 5.75 Å². The van der Waals surface area contributed by atoms with Crippen LogP contribution in [-0.2, 0) is 24.4 Å². The van der Waals surface area contributed by atoms with E-state index in [0.29, 0.717) is 18.3 Å². The molecular weight excluding hydrogens is 432 g/mol. The smallest absolute Gasteiger partial charge is 0.230 e. The predicted molar refractivity (Wildman–Crippen MR) is 133 cm³/mol. The minimum Gasteiger partial charge on any atom is -0.486 e. The summed E-state index contributed by atoms with van der Waals surface area (Å²) in [7, 11) is 0. The van der Waals surface area contributed by atoms with Gasteiger partial charge in [0.05, 0.1) is 5.75 Å². The molecule has 2 aromatic carbocycles. The third kappa shape index (κ3) is 8.57. The van der Waals surface area contributed by atoms with Gasteiger partial charge in [0.2, 0.25) is 5.91 Å². The highest BCUT2D eigenvalue weighted by Gasteiger charge is 2.16. The average Bonchev–Trinajstić information content (AvgIpc) is 3.21. The fourth-order valence-corrected chi connectivity index (χ4v) is 4.15. The van der Waals surface area contributed by atoms with E-state index in [1.54, 1.807) is 0 Å². The number of ether oxygens (including phenoxy) is 1. The van der Waals surface area contributed by atoms with Crippen LogP contribution in [0, 0.1) is 5.92 Å². The number of carbonyl (C=O) groups excluding carboxylic acids is 1. The number of para-hydroxylation sites is 1. The molecule has 0 bridgehead atoms. The van der Waals surface area contributed by atoms with Crippen molar-refractivity contribution in [1.82, 2.24) is 20.1 Å². The van der Waals surface area contributed by atoms with Crippen molar-refractivity contribution in [1.29, 1.82) is 0 Å². The molecule has 0 saturated carbocycles. The Balaban J connectivity index is 1.52. The molecule has 0 aliphatic carbocycles. The zero-order valence-corrected chi connectivity index (χ0v) is 20.6. The molecule has 1 aromatic heterocycles. The summed E-state index contributed by atoms with van der Waals surface area (Å²) in [5, 5.41) is 12.6. The van der Waals surface area contributed by atoms with Crippen LogP contribution >= 0.6 is 11.8 Å². The van der Waals surface area contributed by atoms with Gasteiger partial charge in [0.25, 0.3) is 0 Å². The number of thioether (sulfide) groups is 1. The normalized spacial score (nSPS) is 12.0. The average molecular weight is 467 g/mol. The molecule has 6 nitrogen and oxygen atoms in total. The second-order valence-electron chi connectivity index (χ2n) is 8.62. The van der Waals surface area contributed by atoms with Gasteiger partial charge in [-0.15, -0.1) is 10.2 Å². The zero-order valence-electron chi connectivity index (χ0n) is 19.7. The van der Waals surface area contributed by atoms with Gasteiger partial charge in [-0.2, -0.15) is 0 Å². The summed E-state index contributed by atoms with van der Waals surface area (Å²) in [4.78, 5) is 12.5. The summed E-state index contributed by atoms with van der Waals surface area (Å²) in [6, 6.07) is 20.2. The molecule has 3 aromatic rings. The Morgan fingerprint density at radius 1 is 1.00 bits per heavy atom. The Labute approximate surface area is 201 Å². The third-order valence-corrected chi connectivity index (χ3v) is 6.25. The van der Waals surface area contributed by atoms with Crippen molar-refractivity contribution < 1.29 is 9.53 Å². The van der Waals surface area contributed by atoms with E-state index in [0.717, 1.165) is 42.5 Å². The number of amides is 1. The standard InChI is InChI=1S/C26H34N4O2S/c1-20(2)16-17-30-24(18-32-23-12-8-5-9-13-23)28-29-26(30)33-19-25(31)27-21(3)14-15-22-10-6-4-7-11-22/h4-13,20-21H,14-19H2,1-3H3,(H,27,31). The first kappa shape index (κ1) is 24.8. The molecule has 0 fully saturated rings. The summed E-state index contributed by atoms with van der Waals surface area (Å²) in [6.07, 6.45) is 2.86. The molecule has 1 heterocycles. The molecule has 1 unspecified atom stereocenters. The lowest BCUT2D eigenvalue weighted by atomic mass is 10.1. The van der Waals surface area contributed by atoms with Crippen LogP contribution in [0.2, 0.25) is 0 Å². The maximum absolute atomic E-state index is 12.5. The third-order valence-electron chi connectivity index (χ3n) is 5.28. The van der Waals surface area contributed by atoms with E-state index in [-0.39, 0.29) is 11.9 Å². The highest BCUT2D eigenvalue weighted by molar-refractivity contribution is 7.99. The van der Waals surface area contributed by atoms with E-state index in [1.807, 2.05) is 48.5 Å². The molecule has 0 radical (unpaired) electrons. The van der Waals surface area contributed by atoms with E-state index >= 15 is 0 Å².